The molecule has 2 N–H and O–H groups in total. The average Bonchev–Trinajstić information content (AvgIpc) is 2.82. The third-order valence-electron chi connectivity index (χ3n) is 3.00. The molecule has 0 saturated heterocycles. The fourth-order valence-corrected chi connectivity index (χ4v) is 3.04. The molecule has 1 aromatic rings. The van der Waals surface area contributed by atoms with Crippen LogP contribution in [0.1, 0.15) is 53.2 Å². The van der Waals surface area contributed by atoms with E-state index in [-0.39, 0.29) is 16.7 Å². The van der Waals surface area contributed by atoms with E-state index < -0.39 is 10.0 Å². The molecule has 0 aromatic carbocycles. The lowest BCUT2D eigenvalue weighted by Crippen LogP contribution is -2.35. The van der Waals surface area contributed by atoms with Gasteiger partial charge in [-0.25, -0.2) is 13.1 Å². The van der Waals surface area contributed by atoms with Crippen LogP contribution in [0.2, 0.25) is 0 Å². The molecule has 0 saturated carbocycles. The molecule has 0 spiro atoms. The monoisotopic (exact) mass is 302 g/mol. The molecular formula is C14H26N2O3S. The van der Waals surface area contributed by atoms with Gasteiger partial charge in [0.2, 0.25) is 5.09 Å². The van der Waals surface area contributed by atoms with Gasteiger partial charge >= 0.3 is 0 Å². The Balaban J connectivity index is 2.75. The predicted molar refractivity (Wildman–Crippen MR) is 80.0 cm³/mol. The Morgan fingerprint density at radius 2 is 1.80 bits per heavy atom. The molecule has 1 heterocycles. The van der Waals surface area contributed by atoms with Crippen LogP contribution in [-0.2, 0) is 16.6 Å². The van der Waals surface area contributed by atoms with Crippen LogP contribution in [-0.4, -0.2) is 20.0 Å². The highest BCUT2D eigenvalue weighted by Gasteiger charge is 2.22. The number of hydrogen-bond donors (Lipinski definition) is 2. The van der Waals surface area contributed by atoms with Crippen LogP contribution >= 0.6 is 0 Å². The van der Waals surface area contributed by atoms with Crippen LogP contribution in [0.4, 0.5) is 0 Å². The lowest BCUT2D eigenvalue weighted by atomic mass is 10.1. The van der Waals surface area contributed by atoms with Gasteiger partial charge in [-0.2, -0.15) is 0 Å². The highest BCUT2D eigenvalue weighted by Crippen LogP contribution is 2.16. The van der Waals surface area contributed by atoms with E-state index in [0.717, 1.165) is 12.8 Å². The standard InChI is InChI=1S/C14H26N2O3S/c1-6-11(7-2)16-20(17,18)13-9-8-12(19-13)10-15-14(3,4)5/h8-9,11,15-16H,6-7,10H2,1-5H3. The minimum absolute atomic E-state index is 0.0184. The number of nitrogens with one attached hydrogen (secondary N) is 2. The SMILES string of the molecule is CCC(CC)NS(=O)(=O)c1ccc(CNC(C)(C)C)o1. The van der Waals surface area contributed by atoms with Crippen molar-refractivity contribution < 1.29 is 12.8 Å². The zero-order chi connectivity index (χ0) is 15.4. The molecule has 0 fully saturated rings. The normalized spacial score (nSPS) is 13.1. The summed E-state index contributed by atoms with van der Waals surface area (Å²) in [4.78, 5) is 0. The Morgan fingerprint density at radius 1 is 1.20 bits per heavy atom. The number of hydrogen-bond acceptors (Lipinski definition) is 4. The van der Waals surface area contributed by atoms with Crippen molar-refractivity contribution in [1.29, 1.82) is 0 Å². The predicted octanol–water partition coefficient (Wildman–Crippen LogP) is 2.63. The number of sulfonamides is 1. The van der Waals surface area contributed by atoms with Crippen LogP contribution in [0.5, 0.6) is 0 Å². The molecule has 6 heteroatoms. The van der Waals surface area contributed by atoms with E-state index in [0.29, 0.717) is 12.3 Å². The van der Waals surface area contributed by atoms with Gasteiger partial charge in [-0.3, -0.25) is 0 Å². The molecule has 0 amide bonds. The summed E-state index contributed by atoms with van der Waals surface area (Å²) >= 11 is 0. The summed E-state index contributed by atoms with van der Waals surface area (Å²) in [5.41, 5.74) is -0.0421. The first-order valence-corrected chi connectivity index (χ1v) is 8.52. The van der Waals surface area contributed by atoms with Gasteiger partial charge < -0.3 is 9.73 Å². The van der Waals surface area contributed by atoms with Gasteiger partial charge in [-0.15, -0.1) is 0 Å². The van der Waals surface area contributed by atoms with E-state index in [1.54, 1.807) is 6.07 Å². The third kappa shape index (κ3) is 5.26. The first-order chi connectivity index (χ1) is 9.18. The van der Waals surface area contributed by atoms with Crippen molar-refractivity contribution in [2.75, 3.05) is 0 Å². The van der Waals surface area contributed by atoms with Crippen molar-refractivity contribution in [3.63, 3.8) is 0 Å². The zero-order valence-electron chi connectivity index (χ0n) is 13.0. The molecular weight excluding hydrogens is 276 g/mol. The first-order valence-electron chi connectivity index (χ1n) is 7.04. The largest absolute Gasteiger partial charge is 0.447 e. The Bertz CT molecular complexity index is 511. The molecule has 5 nitrogen and oxygen atoms in total. The summed E-state index contributed by atoms with van der Waals surface area (Å²) in [6, 6.07) is 3.14. The van der Waals surface area contributed by atoms with E-state index in [1.807, 2.05) is 34.6 Å². The summed E-state index contributed by atoms with van der Waals surface area (Å²) in [5, 5.41) is 3.24. The van der Waals surface area contributed by atoms with Crippen LogP contribution < -0.4 is 10.0 Å². The summed E-state index contributed by atoms with van der Waals surface area (Å²) in [6.45, 7) is 10.5. The maximum atomic E-state index is 12.1. The Morgan fingerprint density at radius 3 is 2.30 bits per heavy atom. The molecule has 0 unspecified atom stereocenters. The second-order valence-corrected chi connectivity index (χ2v) is 7.60. The lowest BCUT2D eigenvalue weighted by Gasteiger charge is -2.19. The highest BCUT2D eigenvalue weighted by molar-refractivity contribution is 7.89. The summed E-state index contributed by atoms with van der Waals surface area (Å²) in [6.07, 6.45) is 1.52. The molecule has 20 heavy (non-hydrogen) atoms. The van der Waals surface area contributed by atoms with E-state index in [2.05, 4.69) is 10.0 Å². The number of furan rings is 1. The molecule has 0 aliphatic heterocycles. The molecule has 0 atom stereocenters. The van der Waals surface area contributed by atoms with Crippen molar-refractivity contribution in [2.45, 2.75) is 70.7 Å². The summed E-state index contributed by atoms with van der Waals surface area (Å²) in [5.74, 6) is 0.616. The fraction of sp³-hybridized carbons (Fsp3) is 0.714. The fourth-order valence-electron chi connectivity index (χ4n) is 1.68. The van der Waals surface area contributed by atoms with E-state index in [1.165, 1.54) is 6.07 Å². The Kier molecular flexibility index (Phi) is 5.79. The molecule has 0 aliphatic rings. The van der Waals surface area contributed by atoms with Gasteiger partial charge in [0.25, 0.3) is 10.0 Å². The molecule has 0 bridgehead atoms. The molecule has 0 radical (unpaired) electrons. The van der Waals surface area contributed by atoms with Crippen LogP contribution in [0.3, 0.4) is 0 Å². The third-order valence-corrected chi connectivity index (χ3v) is 4.39. The second-order valence-electron chi connectivity index (χ2n) is 5.96. The van der Waals surface area contributed by atoms with Crippen LogP contribution in [0, 0.1) is 0 Å². The smallest absolute Gasteiger partial charge is 0.274 e. The van der Waals surface area contributed by atoms with Gasteiger partial charge in [0, 0.05) is 11.6 Å². The highest BCUT2D eigenvalue weighted by atomic mass is 32.2. The van der Waals surface area contributed by atoms with Crippen LogP contribution in [0.25, 0.3) is 0 Å². The van der Waals surface area contributed by atoms with E-state index >= 15 is 0 Å². The zero-order valence-corrected chi connectivity index (χ0v) is 13.8. The summed E-state index contributed by atoms with van der Waals surface area (Å²) in [7, 11) is -3.56. The maximum absolute atomic E-state index is 12.1. The van der Waals surface area contributed by atoms with Crippen molar-refractivity contribution in [1.82, 2.24) is 10.0 Å². The lowest BCUT2D eigenvalue weighted by molar-refractivity contribution is 0.358. The molecule has 1 aromatic heterocycles. The Labute approximate surface area is 122 Å². The van der Waals surface area contributed by atoms with Gasteiger partial charge in [-0.1, -0.05) is 13.8 Å². The van der Waals surface area contributed by atoms with Crippen LogP contribution in [0.15, 0.2) is 21.6 Å². The van der Waals surface area contributed by atoms with Gasteiger partial charge in [-0.05, 0) is 45.7 Å². The number of rotatable bonds is 7. The minimum atomic E-state index is -3.56. The van der Waals surface area contributed by atoms with Crippen molar-refractivity contribution in [3.05, 3.63) is 17.9 Å². The van der Waals surface area contributed by atoms with Crippen molar-refractivity contribution in [2.24, 2.45) is 0 Å². The van der Waals surface area contributed by atoms with E-state index in [9.17, 15) is 8.42 Å². The molecule has 1 rings (SSSR count). The van der Waals surface area contributed by atoms with Gasteiger partial charge in [0.15, 0.2) is 0 Å². The van der Waals surface area contributed by atoms with Crippen molar-refractivity contribution in [3.8, 4) is 0 Å². The van der Waals surface area contributed by atoms with Gasteiger partial charge in [0.05, 0.1) is 6.54 Å². The summed E-state index contributed by atoms with van der Waals surface area (Å²) < 4.78 is 32.4. The minimum Gasteiger partial charge on any atom is -0.447 e. The van der Waals surface area contributed by atoms with E-state index in [4.69, 9.17) is 4.42 Å². The topological polar surface area (TPSA) is 71.3 Å². The average molecular weight is 302 g/mol. The quantitative estimate of drug-likeness (QED) is 0.812. The molecule has 116 valence electrons. The Hall–Kier alpha value is -0.850. The van der Waals surface area contributed by atoms with Crippen molar-refractivity contribution >= 4 is 10.0 Å². The first kappa shape index (κ1) is 17.2. The molecule has 0 aliphatic carbocycles. The second kappa shape index (κ2) is 6.74. The maximum Gasteiger partial charge on any atom is 0.274 e. The van der Waals surface area contributed by atoms with Gasteiger partial charge in [0.1, 0.15) is 5.76 Å².